The second-order valence-corrected chi connectivity index (χ2v) is 6.89. The van der Waals surface area contributed by atoms with E-state index in [1.807, 2.05) is 84.9 Å². The first-order chi connectivity index (χ1) is 14.7. The van der Waals surface area contributed by atoms with Crippen LogP contribution in [0.25, 0.3) is 22.0 Å². The summed E-state index contributed by atoms with van der Waals surface area (Å²) in [6.45, 7) is -0.147. The van der Waals surface area contributed by atoms with Crippen molar-refractivity contribution in [2.45, 2.75) is 0 Å². The average molecular weight is 416 g/mol. The van der Waals surface area contributed by atoms with Crippen molar-refractivity contribution in [1.29, 1.82) is 0 Å². The van der Waals surface area contributed by atoms with E-state index in [1.165, 1.54) is 6.21 Å². The standard InChI is InChI=1S/C24H18ClN3O2/c25-24-20(14-19-8-4-5-9-22(19)27-24)15-26-28-23(29)16-30-21-12-10-18(11-13-21)17-6-2-1-3-7-17/h1-15H,16H2,(H,28,29)/b26-15+. The Balaban J connectivity index is 1.31. The summed E-state index contributed by atoms with van der Waals surface area (Å²) in [6.07, 6.45) is 1.47. The highest BCUT2D eigenvalue weighted by atomic mass is 35.5. The van der Waals surface area contributed by atoms with Crippen molar-refractivity contribution in [3.05, 3.63) is 95.6 Å². The van der Waals surface area contributed by atoms with Gasteiger partial charge in [-0.05, 0) is 35.4 Å². The molecule has 1 N–H and O–H groups in total. The summed E-state index contributed by atoms with van der Waals surface area (Å²) in [4.78, 5) is 16.3. The van der Waals surface area contributed by atoms with Crippen LogP contribution >= 0.6 is 11.6 Å². The maximum atomic E-state index is 12.0. The second-order valence-electron chi connectivity index (χ2n) is 6.53. The van der Waals surface area contributed by atoms with Gasteiger partial charge in [0, 0.05) is 10.9 Å². The van der Waals surface area contributed by atoms with Crippen molar-refractivity contribution in [2.24, 2.45) is 5.10 Å². The number of hydrogen-bond donors (Lipinski definition) is 1. The zero-order valence-corrected chi connectivity index (χ0v) is 16.7. The molecular formula is C24H18ClN3O2. The zero-order valence-electron chi connectivity index (χ0n) is 16.0. The summed E-state index contributed by atoms with van der Waals surface area (Å²) in [5.41, 5.74) is 6.06. The lowest BCUT2D eigenvalue weighted by Gasteiger charge is -2.07. The van der Waals surface area contributed by atoms with E-state index in [9.17, 15) is 4.79 Å². The van der Waals surface area contributed by atoms with Gasteiger partial charge in [0.25, 0.3) is 5.91 Å². The Bertz CT molecular complexity index is 1190. The van der Waals surface area contributed by atoms with E-state index in [2.05, 4.69) is 15.5 Å². The summed E-state index contributed by atoms with van der Waals surface area (Å²) in [6, 6.07) is 27.1. The number of ether oxygens (including phenoxy) is 1. The minimum absolute atomic E-state index is 0.147. The quantitative estimate of drug-likeness (QED) is 0.271. The van der Waals surface area contributed by atoms with Gasteiger partial charge in [-0.1, -0.05) is 72.3 Å². The number of carbonyl (C=O) groups is 1. The summed E-state index contributed by atoms with van der Waals surface area (Å²) in [5.74, 6) is 0.235. The molecule has 0 saturated heterocycles. The second kappa shape index (κ2) is 9.20. The Hall–Kier alpha value is -3.70. The van der Waals surface area contributed by atoms with Crippen molar-refractivity contribution in [1.82, 2.24) is 10.4 Å². The first-order valence-electron chi connectivity index (χ1n) is 9.34. The van der Waals surface area contributed by atoms with Crippen LogP contribution in [0.2, 0.25) is 5.15 Å². The van der Waals surface area contributed by atoms with Crippen molar-refractivity contribution in [2.75, 3.05) is 6.61 Å². The Labute approximate surface area is 179 Å². The number of fused-ring (bicyclic) bond motifs is 1. The van der Waals surface area contributed by atoms with Gasteiger partial charge in [0.15, 0.2) is 6.61 Å². The third-order valence-electron chi connectivity index (χ3n) is 4.43. The highest BCUT2D eigenvalue weighted by molar-refractivity contribution is 6.32. The number of rotatable bonds is 6. The van der Waals surface area contributed by atoms with Crippen molar-refractivity contribution >= 4 is 34.6 Å². The molecule has 0 spiro atoms. The van der Waals surface area contributed by atoms with Crippen LogP contribution in [0.5, 0.6) is 5.75 Å². The van der Waals surface area contributed by atoms with Gasteiger partial charge in [-0.15, -0.1) is 0 Å². The monoisotopic (exact) mass is 415 g/mol. The van der Waals surface area contributed by atoms with E-state index >= 15 is 0 Å². The summed E-state index contributed by atoms with van der Waals surface area (Å²) in [5, 5.41) is 5.21. The van der Waals surface area contributed by atoms with Crippen LogP contribution in [0.15, 0.2) is 90.0 Å². The molecule has 0 unspecified atom stereocenters. The van der Waals surface area contributed by atoms with Crippen LogP contribution in [0.1, 0.15) is 5.56 Å². The minimum atomic E-state index is -0.372. The molecule has 0 bridgehead atoms. The molecule has 0 aliphatic rings. The number of nitrogens with one attached hydrogen (secondary N) is 1. The molecule has 4 rings (SSSR count). The van der Waals surface area contributed by atoms with Crippen LogP contribution in [-0.2, 0) is 4.79 Å². The fourth-order valence-electron chi connectivity index (χ4n) is 2.93. The number of hydrazone groups is 1. The smallest absolute Gasteiger partial charge is 0.277 e. The number of halogens is 1. The van der Waals surface area contributed by atoms with Crippen molar-refractivity contribution in [3.63, 3.8) is 0 Å². The third-order valence-corrected chi connectivity index (χ3v) is 4.73. The lowest BCUT2D eigenvalue weighted by atomic mass is 10.1. The molecule has 1 heterocycles. The van der Waals surface area contributed by atoms with Crippen LogP contribution in [0, 0.1) is 0 Å². The lowest BCUT2D eigenvalue weighted by molar-refractivity contribution is -0.123. The number of aromatic nitrogens is 1. The molecule has 0 radical (unpaired) electrons. The van der Waals surface area contributed by atoms with Gasteiger partial charge in [-0.2, -0.15) is 5.10 Å². The van der Waals surface area contributed by atoms with E-state index in [0.29, 0.717) is 16.5 Å². The zero-order chi connectivity index (χ0) is 20.8. The molecule has 3 aromatic carbocycles. The molecule has 0 saturated carbocycles. The largest absolute Gasteiger partial charge is 0.484 e. The van der Waals surface area contributed by atoms with Gasteiger partial charge in [0.05, 0.1) is 11.7 Å². The fourth-order valence-corrected chi connectivity index (χ4v) is 3.12. The SMILES string of the molecule is O=C(COc1ccc(-c2ccccc2)cc1)N/N=C/c1cc2ccccc2nc1Cl. The molecule has 1 amide bonds. The molecule has 148 valence electrons. The number of benzene rings is 3. The van der Waals surface area contributed by atoms with Gasteiger partial charge in [0.2, 0.25) is 0 Å². The van der Waals surface area contributed by atoms with Crippen molar-refractivity contribution in [3.8, 4) is 16.9 Å². The normalized spacial score (nSPS) is 11.0. The Morgan fingerprint density at radius 1 is 0.967 bits per heavy atom. The third kappa shape index (κ3) is 4.82. The predicted octanol–water partition coefficient (Wildman–Crippen LogP) is 5.08. The van der Waals surface area contributed by atoms with Gasteiger partial charge < -0.3 is 4.74 Å². The van der Waals surface area contributed by atoms with Gasteiger partial charge in [-0.3, -0.25) is 4.79 Å². The number of nitrogens with zero attached hydrogens (tertiary/aromatic N) is 2. The maximum absolute atomic E-state index is 12.0. The number of pyridine rings is 1. The van der Waals surface area contributed by atoms with E-state index in [-0.39, 0.29) is 12.5 Å². The van der Waals surface area contributed by atoms with Crippen LogP contribution in [0.4, 0.5) is 0 Å². The van der Waals surface area contributed by atoms with Crippen LogP contribution in [0.3, 0.4) is 0 Å². The molecule has 1 aromatic heterocycles. The highest BCUT2D eigenvalue weighted by Gasteiger charge is 2.05. The number of para-hydroxylation sites is 1. The summed E-state index contributed by atoms with van der Waals surface area (Å²) < 4.78 is 5.52. The Morgan fingerprint density at radius 3 is 2.47 bits per heavy atom. The Morgan fingerprint density at radius 2 is 1.67 bits per heavy atom. The molecule has 0 atom stereocenters. The molecule has 0 aliphatic heterocycles. The van der Waals surface area contributed by atoms with E-state index in [1.54, 1.807) is 0 Å². The number of carbonyl (C=O) groups excluding carboxylic acids is 1. The van der Waals surface area contributed by atoms with E-state index in [4.69, 9.17) is 16.3 Å². The lowest BCUT2D eigenvalue weighted by Crippen LogP contribution is -2.24. The van der Waals surface area contributed by atoms with Crippen molar-refractivity contribution < 1.29 is 9.53 Å². The summed E-state index contributed by atoms with van der Waals surface area (Å²) >= 11 is 6.18. The number of hydrogen-bond acceptors (Lipinski definition) is 4. The molecule has 30 heavy (non-hydrogen) atoms. The number of amides is 1. The van der Waals surface area contributed by atoms with Crippen LogP contribution < -0.4 is 10.2 Å². The van der Waals surface area contributed by atoms with Gasteiger partial charge >= 0.3 is 0 Å². The fraction of sp³-hybridized carbons (Fsp3) is 0.0417. The van der Waals surface area contributed by atoms with Gasteiger partial charge in [0.1, 0.15) is 10.9 Å². The van der Waals surface area contributed by atoms with E-state index < -0.39 is 0 Å². The first-order valence-corrected chi connectivity index (χ1v) is 9.72. The summed E-state index contributed by atoms with van der Waals surface area (Å²) in [7, 11) is 0. The molecule has 0 fully saturated rings. The minimum Gasteiger partial charge on any atom is -0.484 e. The Kier molecular flexibility index (Phi) is 6.01. The molecule has 5 nitrogen and oxygen atoms in total. The molecular weight excluding hydrogens is 398 g/mol. The topological polar surface area (TPSA) is 63.6 Å². The average Bonchev–Trinajstić information content (AvgIpc) is 2.79. The predicted molar refractivity (Wildman–Crippen MR) is 120 cm³/mol. The first kappa shape index (κ1) is 19.6. The molecule has 0 aliphatic carbocycles. The molecule has 6 heteroatoms. The highest BCUT2D eigenvalue weighted by Crippen LogP contribution is 2.22. The van der Waals surface area contributed by atoms with Crippen LogP contribution in [-0.4, -0.2) is 23.7 Å². The van der Waals surface area contributed by atoms with E-state index in [0.717, 1.165) is 22.0 Å². The van der Waals surface area contributed by atoms with Gasteiger partial charge in [-0.25, -0.2) is 10.4 Å². The maximum Gasteiger partial charge on any atom is 0.277 e. The molecule has 4 aromatic rings.